The second-order valence-electron chi connectivity index (χ2n) is 3.42. The Balaban J connectivity index is 2.84. The van der Waals surface area contributed by atoms with E-state index in [0.717, 1.165) is 21.2 Å². The summed E-state index contributed by atoms with van der Waals surface area (Å²) in [5, 5.41) is 9.82. The number of hydrogen-bond donors (Lipinski definition) is 1. The molecule has 4 heteroatoms. The van der Waals surface area contributed by atoms with Crippen molar-refractivity contribution in [3.05, 3.63) is 33.5 Å². The molecule has 0 bridgehead atoms. The zero-order chi connectivity index (χ0) is 11.2. The van der Waals surface area contributed by atoms with Crippen LogP contribution < -0.4 is 0 Å². The van der Waals surface area contributed by atoms with Crippen LogP contribution in [0, 0.1) is 13.8 Å². The third-order valence-electron chi connectivity index (χ3n) is 2.47. The smallest absolute Gasteiger partial charge is 0.335 e. The molecule has 2 aromatic rings. The normalized spacial score (nSPS) is 10.9. The van der Waals surface area contributed by atoms with Crippen LogP contribution >= 0.6 is 15.9 Å². The van der Waals surface area contributed by atoms with Crippen LogP contribution in [-0.4, -0.2) is 11.1 Å². The van der Waals surface area contributed by atoms with Gasteiger partial charge < -0.3 is 9.52 Å². The van der Waals surface area contributed by atoms with Gasteiger partial charge in [0.25, 0.3) is 0 Å². The SMILES string of the molecule is Cc1oc2cc(C(=O)O)cc(Br)c2c1C. The molecular weight excluding hydrogens is 260 g/mol. The fourth-order valence-electron chi connectivity index (χ4n) is 1.57. The van der Waals surface area contributed by atoms with E-state index < -0.39 is 5.97 Å². The summed E-state index contributed by atoms with van der Waals surface area (Å²) in [6, 6.07) is 3.13. The summed E-state index contributed by atoms with van der Waals surface area (Å²) >= 11 is 3.36. The Bertz CT molecular complexity index is 554. The summed E-state index contributed by atoms with van der Waals surface area (Å²) in [6.07, 6.45) is 0. The van der Waals surface area contributed by atoms with Crippen LogP contribution in [0.5, 0.6) is 0 Å². The minimum atomic E-state index is -0.954. The Morgan fingerprint density at radius 1 is 1.40 bits per heavy atom. The fraction of sp³-hybridized carbons (Fsp3) is 0.182. The standard InChI is InChI=1S/C11H9BrO3/c1-5-6(2)15-9-4-7(11(13)14)3-8(12)10(5)9/h3-4H,1-2H3,(H,13,14). The molecule has 0 aliphatic rings. The summed E-state index contributed by atoms with van der Waals surface area (Å²) in [7, 11) is 0. The first-order valence-electron chi connectivity index (χ1n) is 4.43. The summed E-state index contributed by atoms with van der Waals surface area (Å²) in [5.74, 6) is -0.141. The van der Waals surface area contributed by atoms with Crippen molar-refractivity contribution < 1.29 is 14.3 Å². The van der Waals surface area contributed by atoms with Gasteiger partial charge in [0.2, 0.25) is 0 Å². The Kier molecular flexibility index (Phi) is 2.31. The molecule has 1 aromatic heterocycles. The van der Waals surface area contributed by atoms with Crippen LogP contribution in [0.2, 0.25) is 0 Å². The number of benzene rings is 1. The van der Waals surface area contributed by atoms with E-state index in [0.29, 0.717) is 5.58 Å². The van der Waals surface area contributed by atoms with Gasteiger partial charge in [-0.2, -0.15) is 0 Å². The highest BCUT2D eigenvalue weighted by Gasteiger charge is 2.14. The van der Waals surface area contributed by atoms with Gasteiger partial charge >= 0.3 is 5.97 Å². The highest BCUT2D eigenvalue weighted by atomic mass is 79.9. The van der Waals surface area contributed by atoms with Crippen LogP contribution in [0.1, 0.15) is 21.7 Å². The van der Waals surface area contributed by atoms with E-state index in [9.17, 15) is 4.79 Å². The average Bonchev–Trinajstić information content (AvgIpc) is 2.42. The van der Waals surface area contributed by atoms with E-state index in [1.54, 1.807) is 12.1 Å². The van der Waals surface area contributed by atoms with Crippen molar-refractivity contribution in [3.63, 3.8) is 0 Å². The molecule has 0 unspecified atom stereocenters. The Morgan fingerprint density at radius 2 is 2.07 bits per heavy atom. The second kappa shape index (κ2) is 3.38. The van der Waals surface area contributed by atoms with E-state index in [2.05, 4.69) is 15.9 Å². The van der Waals surface area contributed by atoms with E-state index >= 15 is 0 Å². The quantitative estimate of drug-likeness (QED) is 0.861. The van der Waals surface area contributed by atoms with Crippen LogP contribution in [0.3, 0.4) is 0 Å². The number of aryl methyl sites for hydroxylation is 2. The number of halogens is 1. The van der Waals surface area contributed by atoms with E-state index in [-0.39, 0.29) is 5.56 Å². The zero-order valence-corrected chi connectivity index (χ0v) is 9.88. The monoisotopic (exact) mass is 268 g/mol. The maximum atomic E-state index is 10.8. The van der Waals surface area contributed by atoms with Gasteiger partial charge in [0.05, 0.1) is 5.56 Å². The number of fused-ring (bicyclic) bond motifs is 1. The van der Waals surface area contributed by atoms with Crippen LogP contribution in [-0.2, 0) is 0 Å². The van der Waals surface area contributed by atoms with Crippen molar-refractivity contribution in [2.75, 3.05) is 0 Å². The molecule has 0 radical (unpaired) electrons. The number of aromatic carboxylic acids is 1. The molecule has 0 saturated heterocycles. The molecule has 2 rings (SSSR count). The van der Waals surface area contributed by atoms with Crippen molar-refractivity contribution in [1.29, 1.82) is 0 Å². The van der Waals surface area contributed by atoms with Crippen molar-refractivity contribution in [2.24, 2.45) is 0 Å². The van der Waals surface area contributed by atoms with Crippen LogP contribution in [0.4, 0.5) is 0 Å². The molecule has 3 nitrogen and oxygen atoms in total. The van der Waals surface area contributed by atoms with Gasteiger partial charge in [-0.1, -0.05) is 0 Å². The van der Waals surface area contributed by atoms with Gasteiger partial charge in [0.1, 0.15) is 11.3 Å². The first-order chi connectivity index (χ1) is 7.00. The fourth-order valence-corrected chi connectivity index (χ4v) is 2.31. The van der Waals surface area contributed by atoms with Gasteiger partial charge in [0, 0.05) is 9.86 Å². The summed E-state index contributed by atoms with van der Waals surface area (Å²) in [4.78, 5) is 10.8. The molecule has 0 saturated carbocycles. The average molecular weight is 269 g/mol. The van der Waals surface area contributed by atoms with E-state index in [1.165, 1.54) is 0 Å². The minimum absolute atomic E-state index is 0.225. The number of hydrogen-bond acceptors (Lipinski definition) is 2. The van der Waals surface area contributed by atoms with Crippen molar-refractivity contribution in [3.8, 4) is 0 Å². The molecular formula is C11H9BrO3. The van der Waals surface area contributed by atoms with Crippen molar-refractivity contribution >= 4 is 32.9 Å². The lowest BCUT2D eigenvalue weighted by Gasteiger charge is -1.98. The van der Waals surface area contributed by atoms with Crippen LogP contribution in [0.15, 0.2) is 21.0 Å². The topological polar surface area (TPSA) is 50.4 Å². The second-order valence-corrected chi connectivity index (χ2v) is 4.27. The Morgan fingerprint density at radius 3 is 2.67 bits per heavy atom. The van der Waals surface area contributed by atoms with Crippen molar-refractivity contribution in [2.45, 2.75) is 13.8 Å². The molecule has 0 atom stereocenters. The summed E-state index contributed by atoms with van der Waals surface area (Å²) in [5.41, 5.74) is 1.87. The Hall–Kier alpha value is -1.29. The molecule has 0 aliphatic carbocycles. The highest BCUT2D eigenvalue weighted by Crippen LogP contribution is 2.32. The van der Waals surface area contributed by atoms with Crippen LogP contribution in [0.25, 0.3) is 11.0 Å². The maximum absolute atomic E-state index is 10.8. The third-order valence-corrected chi connectivity index (χ3v) is 3.09. The molecule has 1 heterocycles. The molecule has 15 heavy (non-hydrogen) atoms. The molecule has 0 fully saturated rings. The highest BCUT2D eigenvalue weighted by molar-refractivity contribution is 9.10. The number of carboxylic acid groups (broad SMARTS) is 1. The molecule has 0 amide bonds. The first-order valence-corrected chi connectivity index (χ1v) is 5.22. The molecule has 1 N–H and O–H groups in total. The molecule has 1 aromatic carbocycles. The van der Waals surface area contributed by atoms with Crippen molar-refractivity contribution in [1.82, 2.24) is 0 Å². The predicted octanol–water partition coefficient (Wildman–Crippen LogP) is 3.51. The first kappa shape index (κ1) is 10.2. The summed E-state index contributed by atoms with van der Waals surface area (Å²) in [6.45, 7) is 3.81. The number of carbonyl (C=O) groups is 1. The zero-order valence-electron chi connectivity index (χ0n) is 8.30. The maximum Gasteiger partial charge on any atom is 0.335 e. The Labute approximate surface area is 94.8 Å². The molecule has 78 valence electrons. The lowest BCUT2D eigenvalue weighted by atomic mass is 10.1. The van der Waals surface area contributed by atoms with E-state index in [4.69, 9.17) is 9.52 Å². The summed E-state index contributed by atoms with van der Waals surface area (Å²) < 4.78 is 6.23. The van der Waals surface area contributed by atoms with Gasteiger partial charge in [-0.3, -0.25) is 0 Å². The number of furan rings is 1. The molecule has 0 spiro atoms. The number of rotatable bonds is 1. The van der Waals surface area contributed by atoms with Gasteiger partial charge in [0.15, 0.2) is 0 Å². The van der Waals surface area contributed by atoms with Gasteiger partial charge in [-0.15, -0.1) is 0 Å². The molecule has 0 aliphatic heterocycles. The largest absolute Gasteiger partial charge is 0.478 e. The van der Waals surface area contributed by atoms with E-state index in [1.807, 2.05) is 13.8 Å². The van der Waals surface area contributed by atoms with Gasteiger partial charge in [-0.05, 0) is 47.5 Å². The lowest BCUT2D eigenvalue weighted by Crippen LogP contribution is -1.95. The lowest BCUT2D eigenvalue weighted by molar-refractivity contribution is 0.0697. The minimum Gasteiger partial charge on any atom is -0.478 e. The predicted molar refractivity (Wildman–Crippen MR) is 60.3 cm³/mol. The third kappa shape index (κ3) is 1.55. The van der Waals surface area contributed by atoms with Gasteiger partial charge in [-0.25, -0.2) is 4.79 Å². The number of carboxylic acids is 1.